The minimum absolute atomic E-state index is 1.11. The van der Waals surface area contributed by atoms with Crippen molar-refractivity contribution in [3.05, 3.63) is 64.7 Å². The Morgan fingerprint density at radius 3 is 2.38 bits per heavy atom. The molecule has 1 nitrogen and oxygen atoms in total. The normalized spacial score (nSPS) is 13.8. The molecule has 108 valence electrons. The van der Waals surface area contributed by atoms with Crippen LogP contribution in [0.5, 0.6) is 0 Å². The van der Waals surface area contributed by atoms with Gasteiger partial charge in [-0.1, -0.05) is 47.5 Å². The smallest absolute Gasteiger partial charge is 0.179 e. The summed E-state index contributed by atoms with van der Waals surface area (Å²) in [6.07, 6.45) is 3.48. The van der Waals surface area contributed by atoms with Gasteiger partial charge >= 0.3 is 0 Å². The molecule has 0 fully saturated rings. The number of benzene rings is 2. The zero-order valence-electron chi connectivity index (χ0n) is 13.3. The molecule has 2 aromatic rings. The summed E-state index contributed by atoms with van der Waals surface area (Å²) in [5.74, 6) is 0. The third-order valence-corrected chi connectivity index (χ3v) is 6.93. The molecule has 0 saturated carbocycles. The van der Waals surface area contributed by atoms with Crippen molar-refractivity contribution in [2.45, 2.75) is 33.4 Å². The van der Waals surface area contributed by atoms with Crippen molar-refractivity contribution >= 4 is 25.2 Å². The number of anilines is 1. The molecule has 0 bridgehead atoms. The molecular weight excluding hydrogens is 270 g/mol. The molecule has 0 radical (unpaired) electrons. The Bertz CT molecular complexity index is 696. The van der Waals surface area contributed by atoms with Crippen LogP contribution in [0.2, 0.25) is 13.1 Å². The molecule has 0 amide bonds. The van der Waals surface area contributed by atoms with Crippen molar-refractivity contribution in [2.75, 3.05) is 4.98 Å². The highest BCUT2D eigenvalue weighted by Gasteiger charge is 2.28. The van der Waals surface area contributed by atoms with Crippen LogP contribution in [0.4, 0.5) is 5.69 Å². The molecule has 1 N–H and O–H groups in total. The highest BCUT2D eigenvalue weighted by Crippen LogP contribution is 2.25. The molecule has 2 aromatic carbocycles. The molecule has 0 spiro atoms. The molecule has 0 atom stereocenters. The monoisotopic (exact) mass is 293 g/mol. The van der Waals surface area contributed by atoms with Crippen LogP contribution < -0.4 is 10.2 Å². The number of hydrogen-bond acceptors (Lipinski definition) is 1. The Labute approximate surface area is 128 Å². The number of nitrogens with one attached hydrogen (secondary N) is 1. The van der Waals surface area contributed by atoms with E-state index in [1.54, 1.807) is 0 Å². The first kappa shape index (κ1) is 14.1. The first-order valence-electron chi connectivity index (χ1n) is 7.60. The summed E-state index contributed by atoms with van der Waals surface area (Å²) in [6, 6.07) is 15.5. The van der Waals surface area contributed by atoms with E-state index < -0.39 is 8.24 Å². The van der Waals surface area contributed by atoms with E-state index in [0.29, 0.717) is 0 Å². The summed E-state index contributed by atoms with van der Waals surface area (Å²) >= 11 is 0. The molecule has 1 aliphatic carbocycles. The fraction of sp³-hybridized carbons (Fsp3) is 0.263. The number of hydrogen-bond donors (Lipinski definition) is 1. The fourth-order valence-electron chi connectivity index (χ4n) is 3.15. The maximum Gasteiger partial charge on any atom is 0.179 e. The molecule has 1 aliphatic rings. The van der Waals surface area contributed by atoms with Gasteiger partial charge in [-0.05, 0) is 61.8 Å². The van der Waals surface area contributed by atoms with Crippen LogP contribution in [0, 0.1) is 6.92 Å². The van der Waals surface area contributed by atoms with E-state index in [-0.39, 0.29) is 0 Å². The molecule has 0 unspecified atom stereocenters. The summed E-state index contributed by atoms with van der Waals surface area (Å²) in [5.41, 5.74) is 6.95. The van der Waals surface area contributed by atoms with Crippen LogP contribution in [0.15, 0.2) is 48.0 Å². The molecule has 0 heterocycles. The standard InChI is InChI=1S/C19H23NSi/c1-14-8-10-17(11-9-14)20-21(3,4)19-7-5-6-16-12-15(2)13-18(16)19/h5-11,13,20H,12H2,1-4H3. The maximum absolute atomic E-state index is 3.82. The molecule has 2 heteroatoms. The Balaban J connectivity index is 1.96. The minimum atomic E-state index is -1.72. The summed E-state index contributed by atoms with van der Waals surface area (Å²) in [4.78, 5) is 3.82. The molecule has 3 rings (SSSR count). The van der Waals surface area contributed by atoms with Gasteiger partial charge in [0.25, 0.3) is 0 Å². The molecule has 21 heavy (non-hydrogen) atoms. The number of rotatable bonds is 3. The van der Waals surface area contributed by atoms with Gasteiger partial charge in [0.2, 0.25) is 0 Å². The summed E-state index contributed by atoms with van der Waals surface area (Å²) in [6.45, 7) is 9.14. The van der Waals surface area contributed by atoms with E-state index in [1.165, 1.54) is 33.1 Å². The Hall–Kier alpha value is -1.80. The quantitative estimate of drug-likeness (QED) is 0.823. The van der Waals surface area contributed by atoms with Crippen molar-refractivity contribution in [3.8, 4) is 0 Å². The second-order valence-corrected chi connectivity index (χ2v) is 10.7. The van der Waals surface area contributed by atoms with Gasteiger partial charge in [-0.15, -0.1) is 0 Å². The van der Waals surface area contributed by atoms with Gasteiger partial charge in [-0.2, -0.15) is 0 Å². The number of aryl methyl sites for hydroxylation is 1. The third-order valence-electron chi connectivity index (χ3n) is 4.24. The highest BCUT2D eigenvalue weighted by atomic mass is 28.3. The van der Waals surface area contributed by atoms with Crippen molar-refractivity contribution < 1.29 is 0 Å². The van der Waals surface area contributed by atoms with Gasteiger partial charge in [0.05, 0.1) is 0 Å². The minimum Gasteiger partial charge on any atom is -0.407 e. The third kappa shape index (κ3) is 2.81. The topological polar surface area (TPSA) is 12.0 Å². The summed E-state index contributed by atoms with van der Waals surface area (Å²) < 4.78 is 0. The van der Waals surface area contributed by atoms with Gasteiger partial charge in [0, 0.05) is 5.69 Å². The van der Waals surface area contributed by atoms with E-state index in [4.69, 9.17) is 0 Å². The predicted molar refractivity (Wildman–Crippen MR) is 95.7 cm³/mol. The van der Waals surface area contributed by atoms with E-state index in [0.717, 1.165) is 6.42 Å². The van der Waals surface area contributed by atoms with E-state index in [1.807, 2.05) is 0 Å². The van der Waals surface area contributed by atoms with E-state index in [2.05, 4.69) is 80.5 Å². The van der Waals surface area contributed by atoms with Gasteiger partial charge in [-0.25, -0.2) is 0 Å². The Morgan fingerprint density at radius 1 is 0.952 bits per heavy atom. The zero-order chi connectivity index (χ0) is 15.0. The van der Waals surface area contributed by atoms with Gasteiger partial charge in [0.15, 0.2) is 8.24 Å². The lowest BCUT2D eigenvalue weighted by Crippen LogP contribution is -2.50. The fourth-order valence-corrected chi connectivity index (χ4v) is 5.59. The van der Waals surface area contributed by atoms with E-state index >= 15 is 0 Å². The van der Waals surface area contributed by atoms with Gasteiger partial charge in [-0.3, -0.25) is 0 Å². The predicted octanol–water partition coefficient (Wildman–Crippen LogP) is 4.48. The maximum atomic E-state index is 3.82. The Morgan fingerprint density at radius 2 is 1.67 bits per heavy atom. The zero-order valence-corrected chi connectivity index (χ0v) is 14.3. The first-order chi connectivity index (χ1) is 9.95. The van der Waals surface area contributed by atoms with Crippen LogP contribution >= 0.6 is 0 Å². The van der Waals surface area contributed by atoms with Crippen molar-refractivity contribution in [1.82, 2.24) is 0 Å². The lowest BCUT2D eigenvalue weighted by Gasteiger charge is -2.27. The first-order valence-corrected chi connectivity index (χ1v) is 10.6. The lowest BCUT2D eigenvalue weighted by molar-refractivity contribution is 1.20. The van der Waals surface area contributed by atoms with Crippen LogP contribution in [0.1, 0.15) is 23.6 Å². The molecule has 0 aliphatic heterocycles. The molecular formula is C19H23NSi. The summed E-state index contributed by atoms with van der Waals surface area (Å²) in [7, 11) is -1.72. The number of fused-ring (bicyclic) bond motifs is 1. The average Bonchev–Trinajstić information content (AvgIpc) is 2.80. The number of allylic oxidation sites excluding steroid dienone is 1. The largest absolute Gasteiger partial charge is 0.407 e. The molecule has 0 aromatic heterocycles. The average molecular weight is 293 g/mol. The molecule has 0 saturated heterocycles. The van der Waals surface area contributed by atoms with Crippen LogP contribution in [0.3, 0.4) is 0 Å². The van der Waals surface area contributed by atoms with E-state index in [9.17, 15) is 0 Å². The van der Waals surface area contributed by atoms with Crippen LogP contribution in [0.25, 0.3) is 6.08 Å². The van der Waals surface area contributed by atoms with Crippen LogP contribution in [-0.2, 0) is 6.42 Å². The van der Waals surface area contributed by atoms with Crippen molar-refractivity contribution in [3.63, 3.8) is 0 Å². The SMILES string of the molecule is CC1=Cc2c(cccc2[Si](C)(C)Nc2ccc(C)cc2)C1. The van der Waals surface area contributed by atoms with Crippen molar-refractivity contribution in [1.29, 1.82) is 0 Å². The van der Waals surface area contributed by atoms with Crippen molar-refractivity contribution in [2.24, 2.45) is 0 Å². The van der Waals surface area contributed by atoms with Crippen LogP contribution in [-0.4, -0.2) is 8.24 Å². The highest BCUT2D eigenvalue weighted by molar-refractivity contribution is 6.92. The van der Waals surface area contributed by atoms with Gasteiger partial charge in [0.1, 0.15) is 0 Å². The van der Waals surface area contributed by atoms with Gasteiger partial charge < -0.3 is 4.98 Å². The second kappa shape index (κ2) is 5.19. The second-order valence-electron chi connectivity index (χ2n) is 6.66. The lowest BCUT2D eigenvalue weighted by atomic mass is 10.1. The Kier molecular flexibility index (Phi) is 3.50. The summed E-state index contributed by atoms with van der Waals surface area (Å²) in [5, 5.41) is 1.51.